The zero-order chi connectivity index (χ0) is 23.2. The van der Waals surface area contributed by atoms with Crippen LogP contribution in [0.1, 0.15) is 16.7 Å². The highest BCUT2D eigenvalue weighted by molar-refractivity contribution is 6.08. The van der Waals surface area contributed by atoms with Crippen LogP contribution >= 0.6 is 0 Å². The maximum absolute atomic E-state index is 11.9. The molecule has 0 unspecified atom stereocenters. The van der Waals surface area contributed by atoms with E-state index < -0.39 is 5.97 Å². The van der Waals surface area contributed by atoms with Gasteiger partial charge in [0.1, 0.15) is 5.75 Å². The Bertz CT molecular complexity index is 1580. The van der Waals surface area contributed by atoms with Gasteiger partial charge in [0.15, 0.2) is 0 Å². The van der Waals surface area contributed by atoms with Gasteiger partial charge in [0.2, 0.25) is 0 Å². The number of aliphatic carboxylic acids is 1. The number of hydrogen-bond donors (Lipinski definition) is 1. The van der Waals surface area contributed by atoms with Crippen molar-refractivity contribution in [3.63, 3.8) is 0 Å². The van der Waals surface area contributed by atoms with Gasteiger partial charge in [0.25, 0.3) is 0 Å². The van der Waals surface area contributed by atoms with Crippen molar-refractivity contribution >= 4 is 27.8 Å². The molecule has 34 heavy (non-hydrogen) atoms. The molecule has 3 heterocycles. The van der Waals surface area contributed by atoms with E-state index in [0.717, 1.165) is 67.5 Å². The van der Waals surface area contributed by atoms with Gasteiger partial charge < -0.3 is 9.84 Å². The number of hydrogen-bond acceptors (Lipinski definition) is 4. The minimum atomic E-state index is -0.864. The Morgan fingerprint density at radius 3 is 2.74 bits per heavy atom. The number of carboxylic acid groups (broad SMARTS) is 1. The third-order valence-corrected chi connectivity index (χ3v) is 6.56. The van der Waals surface area contributed by atoms with Crippen LogP contribution in [0.25, 0.3) is 44.2 Å². The zero-order valence-corrected chi connectivity index (χ0v) is 18.7. The molecule has 3 aromatic carbocycles. The molecule has 6 rings (SSSR count). The van der Waals surface area contributed by atoms with Crippen LogP contribution in [-0.4, -0.2) is 27.7 Å². The lowest BCUT2D eigenvalue weighted by Gasteiger charge is -2.21. The number of carboxylic acids is 1. The maximum Gasteiger partial charge on any atom is 0.307 e. The van der Waals surface area contributed by atoms with E-state index in [9.17, 15) is 9.90 Å². The molecule has 2 aromatic heterocycles. The second kappa shape index (κ2) is 7.96. The SMILES string of the molecule is Cc1cc2nc(-c3ccccc3)ccc2c(-c2ccc3c4c(ccnc24)CCO3)c1CC(=O)O. The summed E-state index contributed by atoms with van der Waals surface area (Å²) in [6, 6.07) is 22.1. The highest BCUT2D eigenvalue weighted by Crippen LogP contribution is 2.42. The molecule has 1 aliphatic rings. The molecule has 5 aromatic rings. The lowest BCUT2D eigenvalue weighted by molar-refractivity contribution is -0.136. The molecule has 0 saturated heterocycles. The van der Waals surface area contributed by atoms with Crippen molar-refractivity contribution in [1.29, 1.82) is 0 Å². The minimum Gasteiger partial charge on any atom is -0.493 e. The lowest BCUT2D eigenvalue weighted by Crippen LogP contribution is -2.10. The summed E-state index contributed by atoms with van der Waals surface area (Å²) >= 11 is 0. The summed E-state index contributed by atoms with van der Waals surface area (Å²) in [6.45, 7) is 2.61. The Balaban J connectivity index is 1.68. The Hall–Kier alpha value is -4.25. The van der Waals surface area contributed by atoms with E-state index in [1.807, 2.05) is 73.8 Å². The average molecular weight is 447 g/mol. The second-order valence-electron chi connectivity index (χ2n) is 8.65. The van der Waals surface area contributed by atoms with Crippen LogP contribution in [0, 0.1) is 6.92 Å². The number of rotatable bonds is 4. The average Bonchev–Trinajstić information content (AvgIpc) is 2.85. The Morgan fingerprint density at radius 1 is 1.06 bits per heavy atom. The minimum absolute atomic E-state index is 0.0724. The summed E-state index contributed by atoms with van der Waals surface area (Å²) in [5.41, 5.74) is 8.27. The smallest absolute Gasteiger partial charge is 0.307 e. The molecule has 0 amide bonds. The number of pyridine rings is 2. The van der Waals surface area contributed by atoms with Crippen LogP contribution in [0.3, 0.4) is 0 Å². The summed E-state index contributed by atoms with van der Waals surface area (Å²) < 4.78 is 5.91. The quantitative estimate of drug-likeness (QED) is 0.367. The number of benzene rings is 3. The van der Waals surface area contributed by atoms with E-state index in [1.165, 1.54) is 5.56 Å². The van der Waals surface area contributed by atoms with Crippen LogP contribution in [0.15, 0.2) is 72.9 Å². The van der Waals surface area contributed by atoms with Crippen molar-refractivity contribution < 1.29 is 14.6 Å². The molecular formula is C29H22N2O3. The van der Waals surface area contributed by atoms with E-state index in [2.05, 4.69) is 6.07 Å². The number of carbonyl (C=O) groups is 1. The van der Waals surface area contributed by atoms with Gasteiger partial charge in [0, 0.05) is 34.5 Å². The Kier molecular flexibility index (Phi) is 4.77. The van der Waals surface area contributed by atoms with E-state index in [1.54, 1.807) is 0 Å². The van der Waals surface area contributed by atoms with Crippen LogP contribution in [-0.2, 0) is 17.6 Å². The Labute approximate surface area is 196 Å². The van der Waals surface area contributed by atoms with Crippen LogP contribution in [0.2, 0.25) is 0 Å². The number of fused-ring (bicyclic) bond motifs is 1. The topological polar surface area (TPSA) is 72.3 Å². The van der Waals surface area contributed by atoms with Gasteiger partial charge in [-0.3, -0.25) is 9.78 Å². The van der Waals surface area contributed by atoms with Crippen molar-refractivity contribution in [3.8, 4) is 28.1 Å². The van der Waals surface area contributed by atoms with Gasteiger partial charge in [-0.25, -0.2) is 4.98 Å². The van der Waals surface area contributed by atoms with E-state index in [0.29, 0.717) is 6.61 Å². The molecule has 166 valence electrons. The zero-order valence-electron chi connectivity index (χ0n) is 18.7. The summed E-state index contributed by atoms with van der Waals surface area (Å²) in [5.74, 6) is -0.0362. The number of aromatic nitrogens is 2. The second-order valence-corrected chi connectivity index (χ2v) is 8.65. The first kappa shape index (κ1) is 20.4. The highest BCUT2D eigenvalue weighted by atomic mass is 16.5. The van der Waals surface area contributed by atoms with E-state index in [-0.39, 0.29) is 6.42 Å². The molecule has 0 radical (unpaired) electrons. The highest BCUT2D eigenvalue weighted by Gasteiger charge is 2.22. The van der Waals surface area contributed by atoms with Crippen molar-refractivity contribution in [3.05, 3.63) is 89.6 Å². The fourth-order valence-corrected chi connectivity index (χ4v) is 5.01. The van der Waals surface area contributed by atoms with Gasteiger partial charge in [-0.2, -0.15) is 0 Å². The summed E-state index contributed by atoms with van der Waals surface area (Å²) in [6.07, 6.45) is 2.59. The van der Waals surface area contributed by atoms with Gasteiger partial charge in [-0.05, 0) is 59.5 Å². The predicted octanol–water partition coefficient (Wildman–Crippen LogP) is 5.99. The first-order valence-corrected chi connectivity index (χ1v) is 11.3. The summed E-state index contributed by atoms with van der Waals surface area (Å²) in [7, 11) is 0. The van der Waals surface area contributed by atoms with Crippen molar-refractivity contribution in [2.24, 2.45) is 0 Å². The standard InChI is InChI=1S/C29H22N2O3/c1-17-15-24-20(7-9-23(31-24)18-5-3-2-4-6-18)28(22(17)16-26(32)33)21-8-10-25-27-19(12-14-34-25)11-13-30-29(21)27/h2-11,13,15H,12,14,16H2,1H3,(H,32,33). The Morgan fingerprint density at radius 2 is 1.91 bits per heavy atom. The molecule has 5 heteroatoms. The van der Waals surface area contributed by atoms with Crippen molar-refractivity contribution in [2.75, 3.05) is 6.61 Å². The molecule has 0 aliphatic carbocycles. The number of aryl methyl sites for hydroxylation is 1. The summed E-state index contributed by atoms with van der Waals surface area (Å²) in [4.78, 5) is 21.6. The molecule has 0 spiro atoms. The van der Waals surface area contributed by atoms with Gasteiger partial charge in [-0.15, -0.1) is 0 Å². The fraction of sp³-hybridized carbons (Fsp3) is 0.138. The van der Waals surface area contributed by atoms with Gasteiger partial charge >= 0.3 is 5.97 Å². The van der Waals surface area contributed by atoms with Gasteiger partial charge in [-0.1, -0.05) is 36.4 Å². The van der Waals surface area contributed by atoms with Gasteiger partial charge in [0.05, 0.1) is 29.8 Å². The largest absolute Gasteiger partial charge is 0.493 e. The summed E-state index contributed by atoms with van der Waals surface area (Å²) in [5, 5.41) is 11.7. The molecular weight excluding hydrogens is 424 g/mol. The molecule has 5 nitrogen and oxygen atoms in total. The van der Waals surface area contributed by atoms with E-state index in [4.69, 9.17) is 14.7 Å². The van der Waals surface area contributed by atoms with Crippen LogP contribution in [0.4, 0.5) is 0 Å². The molecule has 0 atom stereocenters. The molecule has 1 aliphatic heterocycles. The maximum atomic E-state index is 11.9. The molecule has 0 saturated carbocycles. The fourth-order valence-electron chi connectivity index (χ4n) is 5.01. The monoisotopic (exact) mass is 446 g/mol. The third-order valence-electron chi connectivity index (χ3n) is 6.56. The van der Waals surface area contributed by atoms with E-state index >= 15 is 0 Å². The number of nitrogens with zero attached hydrogens (tertiary/aromatic N) is 2. The molecule has 1 N–H and O–H groups in total. The van der Waals surface area contributed by atoms with Crippen molar-refractivity contribution in [2.45, 2.75) is 19.8 Å². The first-order chi connectivity index (χ1) is 16.6. The van der Waals surface area contributed by atoms with Crippen LogP contribution in [0.5, 0.6) is 5.75 Å². The normalized spacial score (nSPS) is 12.6. The predicted molar refractivity (Wildman–Crippen MR) is 133 cm³/mol. The molecule has 0 fully saturated rings. The van der Waals surface area contributed by atoms with Crippen molar-refractivity contribution in [1.82, 2.24) is 9.97 Å². The molecule has 0 bridgehead atoms. The van der Waals surface area contributed by atoms with Crippen LogP contribution < -0.4 is 4.74 Å². The third kappa shape index (κ3) is 3.28. The number of ether oxygens (including phenoxy) is 1. The first-order valence-electron chi connectivity index (χ1n) is 11.3. The lowest BCUT2D eigenvalue weighted by atomic mass is 9.87.